The van der Waals surface area contributed by atoms with Crippen molar-refractivity contribution in [2.24, 2.45) is 0 Å². The Hall–Kier alpha value is -2.79. The topological polar surface area (TPSA) is 93.7 Å². The molecule has 0 aliphatic carbocycles. The number of anilines is 1. The highest BCUT2D eigenvalue weighted by Gasteiger charge is 2.64. The summed E-state index contributed by atoms with van der Waals surface area (Å²) in [4.78, 5) is 38.0. The van der Waals surface area contributed by atoms with Crippen LogP contribution in [0.4, 0.5) is 18.2 Å². The van der Waals surface area contributed by atoms with Crippen molar-refractivity contribution in [3.05, 3.63) is 50.9 Å². The fourth-order valence-electron chi connectivity index (χ4n) is 2.97. The molecule has 0 spiro atoms. The van der Waals surface area contributed by atoms with Crippen LogP contribution in [0.3, 0.4) is 0 Å². The van der Waals surface area contributed by atoms with E-state index in [1.165, 1.54) is 24.3 Å². The lowest BCUT2D eigenvalue weighted by molar-refractivity contribution is -0.203. The fourth-order valence-corrected chi connectivity index (χ4v) is 4.28. The van der Waals surface area contributed by atoms with E-state index < -0.39 is 29.7 Å². The molecule has 1 unspecified atom stereocenters. The molecule has 1 aromatic carbocycles. The Kier molecular flexibility index (Phi) is 7.79. The summed E-state index contributed by atoms with van der Waals surface area (Å²) >= 11 is 6.57. The van der Waals surface area contributed by atoms with Gasteiger partial charge in [0.05, 0.1) is 19.8 Å². The molecule has 0 bridgehead atoms. The first-order chi connectivity index (χ1) is 14.9. The molecule has 174 valence electrons. The molecule has 7 nitrogen and oxygen atoms in total. The standard InChI is InChI=1S/C20H20ClF3N2O5S/c1-5-13-10(2)32-16(14(13)17(28)30-3)26-19(18(29)31-4,20(22,23)24)25-15(27)11-6-8-12(21)9-7-11/h6-9,26H,5H2,1-4H3,(H,25,27). The Balaban J connectivity index is 2.65. The van der Waals surface area contributed by atoms with Crippen LogP contribution in [-0.2, 0) is 20.7 Å². The molecule has 0 fully saturated rings. The van der Waals surface area contributed by atoms with Crippen molar-refractivity contribution >= 4 is 45.8 Å². The largest absolute Gasteiger partial charge is 0.466 e. The Bertz CT molecular complexity index is 1020. The van der Waals surface area contributed by atoms with E-state index in [1.807, 2.05) is 5.32 Å². The van der Waals surface area contributed by atoms with Gasteiger partial charge in [-0.25, -0.2) is 9.59 Å². The molecule has 32 heavy (non-hydrogen) atoms. The van der Waals surface area contributed by atoms with Gasteiger partial charge >= 0.3 is 23.8 Å². The van der Waals surface area contributed by atoms with E-state index in [9.17, 15) is 27.6 Å². The average molecular weight is 493 g/mol. The summed E-state index contributed by atoms with van der Waals surface area (Å²) in [5.41, 5.74) is -3.58. The first-order valence-electron chi connectivity index (χ1n) is 9.13. The van der Waals surface area contributed by atoms with E-state index in [4.69, 9.17) is 16.3 Å². The van der Waals surface area contributed by atoms with E-state index in [1.54, 1.807) is 19.2 Å². The molecule has 2 N–H and O–H groups in total. The summed E-state index contributed by atoms with van der Waals surface area (Å²) in [7, 11) is 1.83. The number of ether oxygens (including phenoxy) is 2. The molecule has 0 saturated carbocycles. The average Bonchev–Trinajstić information content (AvgIpc) is 3.06. The number of esters is 2. The molecular weight excluding hydrogens is 473 g/mol. The summed E-state index contributed by atoms with van der Waals surface area (Å²) in [5.74, 6) is -3.94. The number of amides is 1. The number of aryl methyl sites for hydroxylation is 1. The van der Waals surface area contributed by atoms with Crippen LogP contribution in [0, 0.1) is 6.92 Å². The number of alkyl halides is 3. The van der Waals surface area contributed by atoms with E-state index >= 15 is 0 Å². The lowest BCUT2D eigenvalue weighted by Gasteiger charge is -2.34. The van der Waals surface area contributed by atoms with Crippen LogP contribution >= 0.6 is 22.9 Å². The molecular formula is C20H20ClF3N2O5S. The normalized spacial score (nSPS) is 13.1. The Morgan fingerprint density at radius 3 is 2.16 bits per heavy atom. The van der Waals surface area contributed by atoms with Gasteiger partial charge in [-0.05, 0) is 43.2 Å². The number of nitrogens with one attached hydrogen (secondary N) is 2. The van der Waals surface area contributed by atoms with Crippen molar-refractivity contribution in [2.45, 2.75) is 32.1 Å². The number of thiophene rings is 1. The molecule has 0 saturated heterocycles. The maximum Gasteiger partial charge on any atom is 0.441 e. The van der Waals surface area contributed by atoms with Crippen molar-refractivity contribution in [3.63, 3.8) is 0 Å². The van der Waals surface area contributed by atoms with Gasteiger partial charge in [0.2, 0.25) is 0 Å². The van der Waals surface area contributed by atoms with Gasteiger partial charge in [0.15, 0.2) is 0 Å². The molecule has 1 aromatic heterocycles. The van der Waals surface area contributed by atoms with Gasteiger partial charge in [0.25, 0.3) is 5.91 Å². The van der Waals surface area contributed by atoms with Crippen LogP contribution in [0.5, 0.6) is 0 Å². The van der Waals surface area contributed by atoms with Gasteiger partial charge in [-0.2, -0.15) is 13.2 Å². The molecule has 1 heterocycles. The number of methoxy groups -OCH3 is 2. The summed E-state index contributed by atoms with van der Waals surface area (Å²) in [6.07, 6.45) is -5.04. The van der Waals surface area contributed by atoms with Crippen LogP contribution in [0.25, 0.3) is 0 Å². The predicted molar refractivity (Wildman–Crippen MR) is 113 cm³/mol. The van der Waals surface area contributed by atoms with Crippen molar-refractivity contribution in [1.82, 2.24) is 5.32 Å². The molecule has 0 radical (unpaired) electrons. The second-order valence-corrected chi connectivity index (χ2v) is 8.17. The minimum Gasteiger partial charge on any atom is -0.466 e. The molecule has 0 aliphatic heterocycles. The molecule has 12 heteroatoms. The number of benzene rings is 1. The second kappa shape index (κ2) is 9.78. The second-order valence-electron chi connectivity index (χ2n) is 6.51. The zero-order valence-corrected chi connectivity index (χ0v) is 19.1. The van der Waals surface area contributed by atoms with E-state index in [0.29, 0.717) is 16.9 Å². The minimum atomic E-state index is -5.36. The Morgan fingerprint density at radius 1 is 1.09 bits per heavy atom. The summed E-state index contributed by atoms with van der Waals surface area (Å²) in [5, 5.41) is 3.69. The highest BCUT2D eigenvalue weighted by molar-refractivity contribution is 7.16. The molecule has 2 rings (SSSR count). The number of carbonyl (C=O) groups is 3. The van der Waals surface area contributed by atoms with Gasteiger partial charge in [-0.3, -0.25) is 4.79 Å². The molecule has 0 aliphatic rings. The number of rotatable bonds is 7. The van der Waals surface area contributed by atoms with E-state index in [0.717, 1.165) is 25.6 Å². The van der Waals surface area contributed by atoms with Crippen LogP contribution in [0.1, 0.15) is 38.1 Å². The Morgan fingerprint density at radius 2 is 1.69 bits per heavy atom. The van der Waals surface area contributed by atoms with Gasteiger partial charge in [0, 0.05) is 15.5 Å². The van der Waals surface area contributed by atoms with Crippen LogP contribution in [0.15, 0.2) is 24.3 Å². The third-order valence-electron chi connectivity index (χ3n) is 4.58. The van der Waals surface area contributed by atoms with Crippen LogP contribution in [-0.4, -0.2) is 43.9 Å². The third-order valence-corrected chi connectivity index (χ3v) is 5.89. The first kappa shape index (κ1) is 25.5. The first-order valence-corrected chi connectivity index (χ1v) is 10.3. The van der Waals surface area contributed by atoms with Crippen LogP contribution in [0.2, 0.25) is 5.02 Å². The van der Waals surface area contributed by atoms with E-state index in [2.05, 4.69) is 4.74 Å². The smallest absolute Gasteiger partial charge is 0.441 e. The number of halogens is 4. The predicted octanol–water partition coefficient (Wildman–Crippen LogP) is 4.33. The third kappa shape index (κ3) is 4.83. The monoisotopic (exact) mass is 492 g/mol. The van der Waals surface area contributed by atoms with Crippen molar-refractivity contribution in [3.8, 4) is 0 Å². The minimum absolute atomic E-state index is 0.157. The maximum absolute atomic E-state index is 14.3. The van der Waals surface area contributed by atoms with Crippen LogP contribution < -0.4 is 10.6 Å². The fraction of sp³-hybridized carbons (Fsp3) is 0.350. The number of hydrogen-bond donors (Lipinski definition) is 2. The van der Waals surface area contributed by atoms with Crippen molar-refractivity contribution < 1.29 is 37.0 Å². The molecule has 1 atom stereocenters. The van der Waals surface area contributed by atoms with E-state index in [-0.39, 0.29) is 21.2 Å². The highest BCUT2D eigenvalue weighted by atomic mass is 35.5. The van der Waals surface area contributed by atoms with Gasteiger partial charge in [-0.1, -0.05) is 18.5 Å². The SMILES string of the molecule is CCc1c(C)sc(NC(NC(=O)c2ccc(Cl)cc2)(C(=O)OC)C(F)(F)F)c1C(=O)OC. The zero-order chi connectivity index (χ0) is 24.3. The number of hydrogen-bond acceptors (Lipinski definition) is 7. The summed E-state index contributed by atoms with van der Waals surface area (Å²) in [6, 6.07) is 5.01. The summed E-state index contributed by atoms with van der Waals surface area (Å²) in [6.45, 7) is 3.33. The lowest BCUT2D eigenvalue weighted by atomic mass is 10.1. The Labute approximate surface area is 190 Å². The number of carbonyl (C=O) groups excluding carboxylic acids is 3. The van der Waals surface area contributed by atoms with Gasteiger partial charge < -0.3 is 20.1 Å². The van der Waals surface area contributed by atoms with Gasteiger partial charge in [-0.15, -0.1) is 11.3 Å². The maximum atomic E-state index is 14.3. The van der Waals surface area contributed by atoms with Crippen molar-refractivity contribution in [1.29, 1.82) is 0 Å². The zero-order valence-electron chi connectivity index (χ0n) is 17.5. The van der Waals surface area contributed by atoms with Gasteiger partial charge in [0.1, 0.15) is 5.00 Å². The van der Waals surface area contributed by atoms with Crippen molar-refractivity contribution in [2.75, 3.05) is 19.5 Å². The molecule has 1 amide bonds. The highest BCUT2D eigenvalue weighted by Crippen LogP contribution is 2.40. The molecule has 2 aromatic rings. The summed E-state index contributed by atoms with van der Waals surface area (Å²) < 4.78 is 52.1. The lowest BCUT2D eigenvalue weighted by Crippen LogP contribution is -2.69. The quantitative estimate of drug-likeness (QED) is 0.441.